The van der Waals surface area contributed by atoms with E-state index in [1.165, 1.54) is 24.3 Å². The van der Waals surface area contributed by atoms with Crippen LogP contribution >= 0.6 is 23.4 Å². The highest BCUT2D eigenvalue weighted by molar-refractivity contribution is 8.03. The maximum Gasteiger partial charge on any atom is 0.319 e. The molecule has 0 aromatic heterocycles. The first kappa shape index (κ1) is 23.3. The second-order valence-corrected chi connectivity index (χ2v) is 8.14. The Morgan fingerprint density at radius 2 is 1.88 bits per heavy atom. The molecule has 0 spiro atoms. The summed E-state index contributed by atoms with van der Waals surface area (Å²) in [5.74, 6) is -4.58. The lowest BCUT2D eigenvalue weighted by Gasteiger charge is -2.30. The van der Waals surface area contributed by atoms with Crippen molar-refractivity contribution >= 4 is 46.8 Å². The topological polar surface area (TPSA) is 108 Å². The number of halogens is 2. The Morgan fingerprint density at radius 1 is 1.22 bits per heavy atom. The number of nitrogens with one attached hydrogen (secondary N) is 2. The monoisotopic (exact) mass is 473 g/mol. The minimum atomic E-state index is -1.27. The fourth-order valence-electron chi connectivity index (χ4n) is 3.22. The van der Waals surface area contributed by atoms with Gasteiger partial charge in [0.15, 0.2) is 0 Å². The molecular formula is C22H17ClFN3O4S. The van der Waals surface area contributed by atoms with Crippen molar-refractivity contribution in [3.63, 3.8) is 0 Å². The summed E-state index contributed by atoms with van der Waals surface area (Å²) in [4.78, 5) is 37.4. The third kappa shape index (κ3) is 5.28. The summed E-state index contributed by atoms with van der Waals surface area (Å²) >= 11 is 6.89. The first-order valence-electron chi connectivity index (χ1n) is 9.30. The van der Waals surface area contributed by atoms with E-state index in [0.717, 1.165) is 18.9 Å². The van der Waals surface area contributed by atoms with Crippen LogP contribution in [-0.4, -0.2) is 30.6 Å². The third-order valence-corrected chi connectivity index (χ3v) is 5.96. The molecular weight excluding hydrogens is 457 g/mol. The average molecular weight is 474 g/mol. The summed E-state index contributed by atoms with van der Waals surface area (Å²) in [5.41, 5.74) is 1.07. The second kappa shape index (κ2) is 10.3. The summed E-state index contributed by atoms with van der Waals surface area (Å²) in [5, 5.41) is 15.6. The number of methoxy groups -OCH3 is 1. The number of allylic oxidation sites excluding steroid dienone is 1. The van der Waals surface area contributed by atoms with Crippen molar-refractivity contribution in [2.45, 2.75) is 5.92 Å². The highest BCUT2D eigenvalue weighted by atomic mass is 35.5. The number of esters is 1. The van der Waals surface area contributed by atoms with E-state index in [2.05, 4.69) is 16.7 Å². The number of carbonyl (C=O) groups excluding carboxylic acids is 3. The summed E-state index contributed by atoms with van der Waals surface area (Å²) in [7, 11) is 1.16. The molecule has 0 bridgehead atoms. The molecule has 164 valence electrons. The van der Waals surface area contributed by atoms with Crippen LogP contribution in [-0.2, 0) is 19.1 Å². The molecule has 2 aromatic carbocycles. The van der Waals surface area contributed by atoms with E-state index >= 15 is 0 Å². The zero-order chi connectivity index (χ0) is 23.3. The smallest absolute Gasteiger partial charge is 0.319 e. The molecule has 3 rings (SSSR count). The van der Waals surface area contributed by atoms with Crippen LogP contribution < -0.4 is 10.6 Å². The molecule has 2 aromatic rings. The van der Waals surface area contributed by atoms with Gasteiger partial charge in [0, 0.05) is 16.6 Å². The first-order valence-corrected chi connectivity index (χ1v) is 10.7. The van der Waals surface area contributed by atoms with Gasteiger partial charge in [0.05, 0.1) is 29.5 Å². The Kier molecular flexibility index (Phi) is 7.51. The molecule has 1 aliphatic rings. The van der Waals surface area contributed by atoms with Crippen molar-refractivity contribution in [2.24, 2.45) is 5.92 Å². The van der Waals surface area contributed by atoms with E-state index in [1.807, 2.05) is 0 Å². The third-order valence-electron chi connectivity index (χ3n) is 4.69. The maximum atomic E-state index is 13.0. The van der Waals surface area contributed by atoms with Gasteiger partial charge in [0.2, 0.25) is 11.8 Å². The zero-order valence-corrected chi connectivity index (χ0v) is 18.3. The molecule has 0 unspecified atom stereocenters. The second-order valence-electron chi connectivity index (χ2n) is 6.72. The minimum Gasteiger partial charge on any atom is -0.468 e. The predicted octanol–water partition coefficient (Wildman–Crippen LogP) is 3.59. The highest BCUT2D eigenvalue weighted by Crippen LogP contribution is 2.40. The Bertz CT molecular complexity index is 1110. The van der Waals surface area contributed by atoms with Crippen molar-refractivity contribution in [2.75, 3.05) is 18.2 Å². The standard InChI is InChI=1S/C22H17ClFN3O4S/c1-31-22(30)19-18(12-2-4-13(23)5-3-12)16(10-25)21(27-20(19)29)32-11-17(28)26-15-8-6-14(24)7-9-15/h2-9,18-19H,11H2,1H3,(H,26,28)(H,27,29)/t18-,19+/m0/s1. The van der Waals surface area contributed by atoms with E-state index in [1.54, 1.807) is 24.3 Å². The Hall–Kier alpha value is -3.35. The molecule has 0 fully saturated rings. The van der Waals surface area contributed by atoms with Gasteiger partial charge in [0.1, 0.15) is 11.7 Å². The summed E-state index contributed by atoms with van der Waals surface area (Å²) in [6.45, 7) is 0. The molecule has 0 aliphatic carbocycles. The number of benzene rings is 2. The number of ether oxygens (including phenoxy) is 1. The van der Waals surface area contributed by atoms with Crippen molar-refractivity contribution in [3.05, 3.63) is 75.5 Å². The first-order chi connectivity index (χ1) is 15.3. The Labute approximate surface area is 192 Å². The molecule has 2 N–H and O–H groups in total. The number of anilines is 1. The summed E-state index contributed by atoms with van der Waals surface area (Å²) < 4.78 is 17.8. The van der Waals surface area contributed by atoms with Crippen LogP contribution in [0.4, 0.5) is 10.1 Å². The summed E-state index contributed by atoms with van der Waals surface area (Å²) in [6.07, 6.45) is 0. The predicted molar refractivity (Wildman–Crippen MR) is 118 cm³/mol. The number of nitriles is 1. The van der Waals surface area contributed by atoms with E-state index in [-0.39, 0.29) is 16.4 Å². The number of hydrogen-bond acceptors (Lipinski definition) is 6. The van der Waals surface area contributed by atoms with Crippen LogP contribution in [0, 0.1) is 23.1 Å². The highest BCUT2D eigenvalue weighted by Gasteiger charge is 2.44. The maximum absolute atomic E-state index is 13.0. The lowest BCUT2D eigenvalue weighted by atomic mass is 9.78. The van der Waals surface area contributed by atoms with Gasteiger partial charge in [-0.3, -0.25) is 14.4 Å². The van der Waals surface area contributed by atoms with Gasteiger partial charge in [-0.15, -0.1) is 0 Å². The lowest BCUT2D eigenvalue weighted by molar-refractivity contribution is -0.150. The molecule has 10 heteroatoms. The van der Waals surface area contributed by atoms with Crippen LogP contribution in [0.15, 0.2) is 59.1 Å². The minimum absolute atomic E-state index is 0.127. The van der Waals surface area contributed by atoms with E-state index in [0.29, 0.717) is 16.3 Å². The van der Waals surface area contributed by atoms with Gasteiger partial charge in [-0.25, -0.2) is 4.39 Å². The largest absolute Gasteiger partial charge is 0.468 e. The van der Waals surface area contributed by atoms with Gasteiger partial charge in [-0.05, 0) is 42.0 Å². The zero-order valence-electron chi connectivity index (χ0n) is 16.7. The molecule has 7 nitrogen and oxygen atoms in total. The fraction of sp³-hybridized carbons (Fsp3) is 0.182. The lowest BCUT2D eigenvalue weighted by Crippen LogP contribution is -2.44. The van der Waals surface area contributed by atoms with Crippen LogP contribution in [0.25, 0.3) is 0 Å². The van der Waals surface area contributed by atoms with Gasteiger partial charge in [-0.1, -0.05) is 35.5 Å². The number of amides is 2. The molecule has 2 atom stereocenters. The van der Waals surface area contributed by atoms with Gasteiger partial charge < -0.3 is 15.4 Å². The van der Waals surface area contributed by atoms with Gasteiger partial charge in [-0.2, -0.15) is 5.26 Å². The fourth-order valence-corrected chi connectivity index (χ4v) is 4.19. The van der Waals surface area contributed by atoms with Gasteiger partial charge >= 0.3 is 5.97 Å². The number of rotatable bonds is 6. The van der Waals surface area contributed by atoms with Crippen molar-refractivity contribution in [1.29, 1.82) is 5.26 Å². The quantitative estimate of drug-likeness (QED) is 0.490. The van der Waals surface area contributed by atoms with E-state index in [4.69, 9.17) is 16.3 Å². The SMILES string of the molecule is COC(=O)[C@H]1C(=O)NC(SCC(=O)Nc2ccc(F)cc2)=C(C#N)[C@@H]1c1ccc(Cl)cc1. The van der Waals surface area contributed by atoms with E-state index < -0.39 is 35.4 Å². The Morgan fingerprint density at radius 3 is 2.47 bits per heavy atom. The number of hydrogen-bond donors (Lipinski definition) is 2. The number of nitrogens with zero attached hydrogens (tertiary/aromatic N) is 1. The van der Waals surface area contributed by atoms with Crippen molar-refractivity contribution in [3.8, 4) is 6.07 Å². The van der Waals surface area contributed by atoms with E-state index in [9.17, 15) is 24.0 Å². The number of thioether (sulfide) groups is 1. The normalized spacial score (nSPS) is 17.9. The molecule has 0 radical (unpaired) electrons. The molecule has 1 heterocycles. The summed E-state index contributed by atoms with van der Waals surface area (Å²) in [6, 6.07) is 13.8. The van der Waals surface area contributed by atoms with Gasteiger partial charge in [0.25, 0.3) is 0 Å². The molecule has 0 saturated heterocycles. The molecule has 0 saturated carbocycles. The van der Waals surface area contributed by atoms with Crippen LogP contribution in [0.1, 0.15) is 11.5 Å². The molecule has 32 heavy (non-hydrogen) atoms. The van der Waals surface area contributed by atoms with Crippen molar-refractivity contribution in [1.82, 2.24) is 5.32 Å². The number of carbonyl (C=O) groups is 3. The van der Waals surface area contributed by atoms with Crippen LogP contribution in [0.2, 0.25) is 5.02 Å². The van der Waals surface area contributed by atoms with Crippen LogP contribution in [0.3, 0.4) is 0 Å². The Balaban J connectivity index is 1.87. The van der Waals surface area contributed by atoms with Crippen LogP contribution in [0.5, 0.6) is 0 Å². The van der Waals surface area contributed by atoms with Crippen molar-refractivity contribution < 1.29 is 23.5 Å². The average Bonchev–Trinajstić information content (AvgIpc) is 2.78. The molecule has 1 aliphatic heterocycles. The molecule has 2 amide bonds.